The van der Waals surface area contributed by atoms with Crippen molar-refractivity contribution in [1.29, 1.82) is 0 Å². The maximum atomic E-state index is 12.1. The number of halogens is 1. The van der Waals surface area contributed by atoms with Crippen molar-refractivity contribution in [1.82, 2.24) is 4.90 Å². The number of carbonyl (C=O) groups is 1. The van der Waals surface area contributed by atoms with Crippen LogP contribution in [0.5, 0.6) is 0 Å². The Morgan fingerprint density at radius 3 is 2.78 bits per heavy atom. The Labute approximate surface area is 113 Å². The number of piperidine rings is 1. The van der Waals surface area contributed by atoms with Crippen molar-refractivity contribution >= 4 is 17.5 Å². The van der Waals surface area contributed by atoms with Crippen LogP contribution in [0, 0.1) is 0 Å². The molecule has 1 aliphatic heterocycles. The molecule has 2 N–H and O–H groups in total. The third-order valence-electron chi connectivity index (χ3n) is 3.43. The van der Waals surface area contributed by atoms with Gasteiger partial charge in [-0.05, 0) is 38.0 Å². The lowest BCUT2D eigenvalue weighted by Gasteiger charge is -2.42. The molecule has 1 aromatic carbocycles. The molecule has 98 valence electrons. The normalized spacial score (nSPS) is 24.7. The molecule has 2 rings (SSSR count). The second-order valence-corrected chi connectivity index (χ2v) is 5.53. The third kappa shape index (κ3) is 2.52. The van der Waals surface area contributed by atoms with Gasteiger partial charge in [0.2, 0.25) is 5.91 Å². The van der Waals surface area contributed by atoms with Gasteiger partial charge in [-0.1, -0.05) is 23.7 Å². The molecule has 0 saturated carbocycles. The summed E-state index contributed by atoms with van der Waals surface area (Å²) in [5.74, 6) is 0.177. The zero-order chi connectivity index (χ0) is 13.3. The van der Waals surface area contributed by atoms with Crippen LogP contribution in [-0.2, 0) is 4.79 Å². The number of amides is 1. The lowest BCUT2D eigenvalue weighted by molar-refractivity contribution is -0.139. The highest BCUT2D eigenvalue weighted by Gasteiger charge is 2.36. The van der Waals surface area contributed by atoms with E-state index in [9.17, 15) is 4.79 Å². The van der Waals surface area contributed by atoms with Gasteiger partial charge in [-0.15, -0.1) is 0 Å². The maximum absolute atomic E-state index is 12.1. The van der Waals surface area contributed by atoms with E-state index in [-0.39, 0.29) is 24.0 Å². The Morgan fingerprint density at radius 2 is 2.17 bits per heavy atom. The molecule has 18 heavy (non-hydrogen) atoms. The summed E-state index contributed by atoms with van der Waals surface area (Å²) in [4.78, 5) is 14.0. The molecule has 0 bridgehead atoms. The van der Waals surface area contributed by atoms with Crippen LogP contribution in [0.2, 0.25) is 5.02 Å². The van der Waals surface area contributed by atoms with Crippen molar-refractivity contribution in [3.8, 4) is 0 Å². The standard InChI is InChI=1S/C14H19ClN2O/c1-9(2)17-13(18)7-6-12(16)14(17)10-4-3-5-11(15)8-10/h3-5,8-9,12,14H,6-7,16H2,1-2H3. The topological polar surface area (TPSA) is 46.3 Å². The minimum Gasteiger partial charge on any atom is -0.332 e. The van der Waals surface area contributed by atoms with Crippen LogP contribution < -0.4 is 5.73 Å². The van der Waals surface area contributed by atoms with Gasteiger partial charge in [0, 0.05) is 23.5 Å². The highest BCUT2D eigenvalue weighted by molar-refractivity contribution is 6.30. The number of hydrogen-bond acceptors (Lipinski definition) is 2. The monoisotopic (exact) mass is 266 g/mol. The minimum absolute atomic E-state index is 0.0245. The lowest BCUT2D eigenvalue weighted by Crippen LogP contribution is -2.51. The molecule has 1 heterocycles. The fraction of sp³-hybridized carbons (Fsp3) is 0.500. The maximum Gasteiger partial charge on any atom is 0.223 e. The van der Waals surface area contributed by atoms with E-state index in [4.69, 9.17) is 17.3 Å². The van der Waals surface area contributed by atoms with E-state index in [1.54, 1.807) is 0 Å². The van der Waals surface area contributed by atoms with E-state index in [0.717, 1.165) is 12.0 Å². The first kappa shape index (κ1) is 13.4. The van der Waals surface area contributed by atoms with Gasteiger partial charge in [0.25, 0.3) is 0 Å². The second-order valence-electron chi connectivity index (χ2n) is 5.10. The third-order valence-corrected chi connectivity index (χ3v) is 3.67. The summed E-state index contributed by atoms with van der Waals surface area (Å²) in [6.45, 7) is 4.04. The van der Waals surface area contributed by atoms with E-state index in [0.29, 0.717) is 11.4 Å². The molecule has 2 unspecified atom stereocenters. The van der Waals surface area contributed by atoms with Crippen LogP contribution in [0.3, 0.4) is 0 Å². The van der Waals surface area contributed by atoms with E-state index in [1.807, 2.05) is 43.0 Å². The first-order valence-corrected chi connectivity index (χ1v) is 6.70. The molecule has 3 nitrogen and oxygen atoms in total. The van der Waals surface area contributed by atoms with Crippen LogP contribution >= 0.6 is 11.6 Å². The number of benzene rings is 1. The second kappa shape index (κ2) is 5.29. The van der Waals surface area contributed by atoms with Crippen molar-refractivity contribution in [3.63, 3.8) is 0 Å². The number of nitrogens with two attached hydrogens (primary N) is 1. The average Bonchev–Trinajstić information content (AvgIpc) is 2.31. The molecule has 2 atom stereocenters. The molecule has 1 aromatic rings. The summed E-state index contributed by atoms with van der Waals surface area (Å²) in [6.07, 6.45) is 1.27. The van der Waals surface area contributed by atoms with Gasteiger partial charge >= 0.3 is 0 Å². The van der Waals surface area contributed by atoms with Gasteiger partial charge in [-0.3, -0.25) is 4.79 Å². The number of hydrogen-bond donors (Lipinski definition) is 1. The van der Waals surface area contributed by atoms with Gasteiger partial charge < -0.3 is 10.6 Å². The van der Waals surface area contributed by atoms with Crippen LogP contribution in [0.1, 0.15) is 38.3 Å². The fourth-order valence-corrected chi connectivity index (χ4v) is 2.84. The van der Waals surface area contributed by atoms with Gasteiger partial charge in [0.1, 0.15) is 0 Å². The van der Waals surface area contributed by atoms with Gasteiger partial charge in [0.15, 0.2) is 0 Å². The highest BCUT2D eigenvalue weighted by atomic mass is 35.5. The Morgan fingerprint density at radius 1 is 1.44 bits per heavy atom. The van der Waals surface area contributed by atoms with E-state index in [1.165, 1.54) is 0 Å². The van der Waals surface area contributed by atoms with Crippen LogP contribution in [0.15, 0.2) is 24.3 Å². The smallest absolute Gasteiger partial charge is 0.223 e. The van der Waals surface area contributed by atoms with Crippen LogP contribution in [-0.4, -0.2) is 22.9 Å². The van der Waals surface area contributed by atoms with Crippen molar-refractivity contribution < 1.29 is 4.79 Å². The van der Waals surface area contributed by atoms with Crippen molar-refractivity contribution in [2.45, 2.75) is 44.8 Å². The first-order chi connectivity index (χ1) is 8.50. The average molecular weight is 267 g/mol. The summed E-state index contributed by atoms with van der Waals surface area (Å²) >= 11 is 6.03. The Hall–Kier alpha value is -1.06. The zero-order valence-electron chi connectivity index (χ0n) is 10.8. The molecule has 1 amide bonds. The number of nitrogens with zero attached hydrogens (tertiary/aromatic N) is 1. The highest BCUT2D eigenvalue weighted by Crippen LogP contribution is 2.33. The van der Waals surface area contributed by atoms with E-state index < -0.39 is 0 Å². The van der Waals surface area contributed by atoms with E-state index in [2.05, 4.69) is 0 Å². The largest absolute Gasteiger partial charge is 0.332 e. The summed E-state index contributed by atoms with van der Waals surface area (Å²) in [6, 6.07) is 7.69. The summed E-state index contributed by atoms with van der Waals surface area (Å²) < 4.78 is 0. The minimum atomic E-state index is -0.0649. The quantitative estimate of drug-likeness (QED) is 0.895. The van der Waals surface area contributed by atoms with E-state index >= 15 is 0 Å². The molecule has 0 aromatic heterocycles. The predicted octanol–water partition coefficient (Wildman–Crippen LogP) is 2.74. The molecule has 0 spiro atoms. The first-order valence-electron chi connectivity index (χ1n) is 6.33. The molecular weight excluding hydrogens is 248 g/mol. The molecule has 1 fully saturated rings. The van der Waals surface area contributed by atoms with Gasteiger partial charge in [-0.25, -0.2) is 0 Å². The summed E-state index contributed by atoms with van der Waals surface area (Å²) in [5, 5.41) is 0.682. The van der Waals surface area contributed by atoms with Crippen molar-refractivity contribution in [3.05, 3.63) is 34.9 Å². The fourth-order valence-electron chi connectivity index (χ4n) is 2.65. The Kier molecular flexibility index (Phi) is 3.93. The predicted molar refractivity (Wildman–Crippen MR) is 73.4 cm³/mol. The molecule has 1 aliphatic rings. The summed E-state index contributed by atoms with van der Waals surface area (Å²) in [5.41, 5.74) is 7.24. The zero-order valence-corrected chi connectivity index (χ0v) is 11.5. The van der Waals surface area contributed by atoms with Crippen molar-refractivity contribution in [2.24, 2.45) is 5.73 Å². The van der Waals surface area contributed by atoms with Gasteiger partial charge in [0.05, 0.1) is 6.04 Å². The number of carbonyl (C=O) groups excluding carboxylic acids is 1. The molecule has 0 aliphatic carbocycles. The summed E-state index contributed by atoms with van der Waals surface area (Å²) in [7, 11) is 0. The molecule has 4 heteroatoms. The van der Waals surface area contributed by atoms with Crippen LogP contribution in [0.4, 0.5) is 0 Å². The van der Waals surface area contributed by atoms with Gasteiger partial charge in [-0.2, -0.15) is 0 Å². The number of likely N-dealkylation sites (tertiary alicyclic amines) is 1. The van der Waals surface area contributed by atoms with Crippen molar-refractivity contribution in [2.75, 3.05) is 0 Å². The van der Waals surface area contributed by atoms with Crippen LogP contribution in [0.25, 0.3) is 0 Å². The molecule has 1 saturated heterocycles. The lowest BCUT2D eigenvalue weighted by atomic mass is 9.89. The Bertz CT molecular complexity index is 447. The molecule has 0 radical (unpaired) electrons. The number of rotatable bonds is 2. The Balaban J connectivity index is 2.39. The SMILES string of the molecule is CC(C)N1C(=O)CCC(N)C1c1cccc(Cl)c1. The molecular formula is C14H19ClN2O.